The first kappa shape index (κ1) is 16.1. The SMILES string of the molecule is CC(C)OCOC(=O)N1CCC2(CCc3ccccc3O2)CC1. The first-order valence-electron chi connectivity index (χ1n) is 8.38. The van der Waals surface area contributed by atoms with Crippen LogP contribution in [0.4, 0.5) is 4.79 Å². The number of carbonyl (C=O) groups excluding carboxylic acids is 1. The highest BCUT2D eigenvalue weighted by atomic mass is 16.7. The molecule has 0 atom stereocenters. The zero-order valence-electron chi connectivity index (χ0n) is 13.9. The van der Waals surface area contributed by atoms with Gasteiger partial charge in [-0.1, -0.05) is 18.2 Å². The number of fused-ring (bicyclic) bond motifs is 1. The van der Waals surface area contributed by atoms with Gasteiger partial charge in [-0.25, -0.2) is 4.79 Å². The average Bonchev–Trinajstić information content (AvgIpc) is 2.55. The number of benzene rings is 1. The van der Waals surface area contributed by atoms with Crippen molar-refractivity contribution in [2.75, 3.05) is 19.9 Å². The third-order valence-corrected chi connectivity index (χ3v) is 4.67. The maximum Gasteiger partial charge on any atom is 0.411 e. The minimum absolute atomic E-state index is 0.0159. The van der Waals surface area contributed by atoms with Crippen molar-refractivity contribution < 1.29 is 19.0 Å². The molecule has 1 fully saturated rings. The molecule has 1 amide bonds. The molecule has 0 N–H and O–H groups in total. The van der Waals surface area contributed by atoms with Crippen molar-refractivity contribution in [3.05, 3.63) is 29.8 Å². The van der Waals surface area contributed by atoms with Crippen molar-refractivity contribution in [3.63, 3.8) is 0 Å². The zero-order chi connectivity index (χ0) is 16.3. The van der Waals surface area contributed by atoms with Gasteiger partial charge >= 0.3 is 6.09 Å². The fourth-order valence-corrected chi connectivity index (χ4v) is 3.22. The van der Waals surface area contributed by atoms with Gasteiger partial charge in [0.2, 0.25) is 0 Å². The summed E-state index contributed by atoms with van der Waals surface area (Å²) in [6, 6.07) is 8.24. The minimum atomic E-state index is -0.295. The summed E-state index contributed by atoms with van der Waals surface area (Å²) in [6.07, 6.45) is 3.52. The number of aryl methyl sites for hydroxylation is 1. The number of carbonyl (C=O) groups is 1. The molecule has 1 aromatic carbocycles. The number of hydrogen-bond donors (Lipinski definition) is 0. The lowest BCUT2D eigenvalue weighted by Crippen LogP contribution is -2.51. The fourth-order valence-electron chi connectivity index (χ4n) is 3.22. The first-order chi connectivity index (χ1) is 11.1. The Balaban J connectivity index is 1.52. The van der Waals surface area contributed by atoms with E-state index in [2.05, 4.69) is 12.1 Å². The molecule has 2 aliphatic heterocycles. The maximum atomic E-state index is 12.0. The van der Waals surface area contributed by atoms with E-state index in [4.69, 9.17) is 14.2 Å². The molecule has 0 bridgehead atoms. The van der Waals surface area contributed by atoms with Gasteiger partial charge in [0, 0.05) is 25.9 Å². The van der Waals surface area contributed by atoms with Gasteiger partial charge in [0.25, 0.3) is 0 Å². The molecule has 0 aromatic heterocycles. The molecule has 1 aromatic rings. The number of amides is 1. The van der Waals surface area contributed by atoms with Crippen molar-refractivity contribution >= 4 is 6.09 Å². The molecule has 2 aliphatic rings. The molecular formula is C18H25NO4. The van der Waals surface area contributed by atoms with Gasteiger partial charge in [0.15, 0.2) is 6.79 Å². The Labute approximate surface area is 137 Å². The van der Waals surface area contributed by atoms with Crippen molar-refractivity contribution in [1.82, 2.24) is 4.90 Å². The number of para-hydroxylation sites is 1. The van der Waals surface area contributed by atoms with Crippen LogP contribution in [-0.4, -0.2) is 42.6 Å². The molecule has 126 valence electrons. The van der Waals surface area contributed by atoms with E-state index in [0.717, 1.165) is 31.4 Å². The number of piperidine rings is 1. The molecule has 0 saturated carbocycles. The van der Waals surface area contributed by atoms with E-state index in [1.807, 2.05) is 26.0 Å². The van der Waals surface area contributed by atoms with E-state index in [9.17, 15) is 4.79 Å². The molecule has 3 rings (SSSR count). The summed E-state index contributed by atoms with van der Waals surface area (Å²) >= 11 is 0. The third kappa shape index (κ3) is 3.78. The second-order valence-electron chi connectivity index (χ2n) is 6.62. The Hall–Kier alpha value is -1.75. The number of nitrogens with zero attached hydrogens (tertiary/aromatic N) is 1. The fraction of sp³-hybridized carbons (Fsp3) is 0.611. The molecule has 2 heterocycles. The second-order valence-corrected chi connectivity index (χ2v) is 6.62. The van der Waals surface area contributed by atoms with Gasteiger partial charge < -0.3 is 19.1 Å². The highest BCUT2D eigenvalue weighted by molar-refractivity contribution is 5.67. The smallest absolute Gasteiger partial charge is 0.411 e. The Bertz CT molecular complexity index is 550. The number of hydrogen-bond acceptors (Lipinski definition) is 4. The van der Waals surface area contributed by atoms with Gasteiger partial charge in [0.05, 0.1) is 6.10 Å². The van der Waals surface area contributed by atoms with Gasteiger partial charge in [-0.2, -0.15) is 0 Å². The average molecular weight is 319 g/mol. The van der Waals surface area contributed by atoms with Gasteiger partial charge in [-0.05, 0) is 38.3 Å². The van der Waals surface area contributed by atoms with Crippen molar-refractivity contribution in [3.8, 4) is 5.75 Å². The summed E-state index contributed by atoms with van der Waals surface area (Å²) in [7, 11) is 0. The van der Waals surface area contributed by atoms with E-state index < -0.39 is 0 Å². The Morgan fingerprint density at radius 1 is 1.26 bits per heavy atom. The molecule has 0 radical (unpaired) electrons. The number of likely N-dealkylation sites (tertiary alicyclic amines) is 1. The van der Waals surface area contributed by atoms with E-state index in [1.165, 1.54) is 5.56 Å². The van der Waals surface area contributed by atoms with E-state index in [1.54, 1.807) is 4.90 Å². The largest absolute Gasteiger partial charge is 0.487 e. The third-order valence-electron chi connectivity index (χ3n) is 4.67. The molecule has 23 heavy (non-hydrogen) atoms. The number of ether oxygens (including phenoxy) is 3. The standard InChI is InChI=1S/C18H25NO4/c1-14(2)21-13-22-17(20)19-11-9-18(10-12-19)8-7-15-5-3-4-6-16(15)23-18/h3-6,14H,7-13H2,1-2H3. The van der Waals surface area contributed by atoms with Crippen LogP contribution in [0.3, 0.4) is 0 Å². The van der Waals surface area contributed by atoms with Crippen LogP contribution in [0.15, 0.2) is 24.3 Å². The van der Waals surface area contributed by atoms with Crippen LogP contribution in [0, 0.1) is 0 Å². The normalized spacial score (nSPS) is 19.3. The van der Waals surface area contributed by atoms with Crippen LogP contribution in [0.1, 0.15) is 38.7 Å². The van der Waals surface area contributed by atoms with Crippen molar-refractivity contribution in [2.24, 2.45) is 0 Å². The zero-order valence-corrected chi connectivity index (χ0v) is 13.9. The molecule has 1 saturated heterocycles. The molecule has 0 aliphatic carbocycles. The van der Waals surface area contributed by atoms with Crippen LogP contribution in [0.2, 0.25) is 0 Å². The summed E-state index contributed by atoms with van der Waals surface area (Å²) in [5.74, 6) is 1.00. The van der Waals surface area contributed by atoms with E-state index in [0.29, 0.717) is 13.1 Å². The maximum absolute atomic E-state index is 12.0. The summed E-state index contributed by atoms with van der Waals surface area (Å²) in [4.78, 5) is 13.8. The topological polar surface area (TPSA) is 48.0 Å². The highest BCUT2D eigenvalue weighted by Gasteiger charge is 2.40. The van der Waals surface area contributed by atoms with E-state index in [-0.39, 0.29) is 24.6 Å². The Morgan fingerprint density at radius 3 is 2.74 bits per heavy atom. The van der Waals surface area contributed by atoms with Crippen LogP contribution in [-0.2, 0) is 15.9 Å². The van der Waals surface area contributed by atoms with E-state index >= 15 is 0 Å². The van der Waals surface area contributed by atoms with Crippen LogP contribution in [0.5, 0.6) is 5.75 Å². The van der Waals surface area contributed by atoms with Gasteiger partial charge in [-0.3, -0.25) is 0 Å². The summed E-state index contributed by atoms with van der Waals surface area (Å²) < 4.78 is 16.7. The molecule has 5 nitrogen and oxygen atoms in total. The van der Waals surface area contributed by atoms with Gasteiger partial charge in [-0.15, -0.1) is 0 Å². The predicted octanol–water partition coefficient (Wildman–Crippen LogP) is 3.37. The van der Waals surface area contributed by atoms with Crippen LogP contribution >= 0.6 is 0 Å². The summed E-state index contributed by atoms with van der Waals surface area (Å²) in [5.41, 5.74) is 1.16. The summed E-state index contributed by atoms with van der Waals surface area (Å²) in [5, 5.41) is 0. The molecule has 0 unspecified atom stereocenters. The molecule has 5 heteroatoms. The minimum Gasteiger partial charge on any atom is -0.487 e. The lowest BCUT2D eigenvalue weighted by molar-refractivity contribution is -0.0626. The van der Waals surface area contributed by atoms with Crippen molar-refractivity contribution in [1.29, 1.82) is 0 Å². The monoisotopic (exact) mass is 319 g/mol. The quantitative estimate of drug-likeness (QED) is 0.802. The lowest BCUT2D eigenvalue weighted by Gasteiger charge is -2.44. The number of rotatable bonds is 3. The highest BCUT2D eigenvalue weighted by Crippen LogP contribution is 2.39. The Kier molecular flexibility index (Phi) is 4.76. The molecular weight excluding hydrogens is 294 g/mol. The van der Waals surface area contributed by atoms with Crippen molar-refractivity contribution in [2.45, 2.75) is 51.2 Å². The predicted molar refractivity (Wildman–Crippen MR) is 86.5 cm³/mol. The molecule has 1 spiro atoms. The van der Waals surface area contributed by atoms with Crippen LogP contribution in [0.25, 0.3) is 0 Å². The Morgan fingerprint density at radius 2 is 2.00 bits per heavy atom. The van der Waals surface area contributed by atoms with Crippen LogP contribution < -0.4 is 4.74 Å². The summed E-state index contributed by atoms with van der Waals surface area (Å²) in [6.45, 7) is 5.18. The first-order valence-corrected chi connectivity index (χ1v) is 8.38. The lowest BCUT2D eigenvalue weighted by atomic mass is 9.83. The van der Waals surface area contributed by atoms with Gasteiger partial charge in [0.1, 0.15) is 11.4 Å². The second kappa shape index (κ2) is 6.79.